The number of rotatable bonds is 8. The number of aromatic nitrogens is 3. The van der Waals surface area contributed by atoms with E-state index in [9.17, 15) is 19.2 Å². The van der Waals surface area contributed by atoms with Crippen molar-refractivity contribution >= 4 is 47.2 Å². The largest absolute Gasteiger partial charge is 0.367 e. The Labute approximate surface area is 254 Å². The Bertz CT molecular complexity index is 1520. The van der Waals surface area contributed by atoms with Gasteiger partial charge in [-0.15, -0.1) is 0 Å². The second-order valence-electron chi connectivity index (χ2n) is 11.0. The monoisotopic (exact) mass is 591 g/mol. The minimum absolute atomic E-state index is 0.141. The molecule has 2 aliphatic heterocycles. The third-order valence-corrected chi connectivity index (χ3v) is 8.05. The molecule has 0 saturated carbocycles. The second kappa shape index (κ2) is 12.8. The van der Waals surface area contributed by atoms with Crippen molar-refractivity contribution in [2.24, 2.45) is 0 Å². The Morgan fingerprint density at radius 2 is 1.23 bits per heavy atom. The molecule has 6 rings (SSSR count). The molecule has 2 fully saturated rings. The van der Waals surface area contributed by atoms with Crippen LogP contribution in [0.4, 0.5) is 11.4 Å². The molecule has 11 heteroatoms. The summed E-state index contributed by atoms with van der Waals surface area (Å²) in [7, 11) is 0. The van der Waals surface area contributed by atoms with Gasteiger partial charge in [0.25, 0.3) is 11.8 Å². The number of hydrogen-bond acceptors (Lipinski definition) is 5. The fraction of sp³-hybridized carbons (Fsp3) is 0.242. The lowest BCUT2D eigenvalue weighted by Crippen LogP contribution is -2.43. The van der Waals surface area contributed by atoms with Crippen LogP contribution in [0.25, 0.3) is 12.2 Å². The van der Waals surface area contributed by atoms with Crippen LogP contribution in [-0.2, 0) is 9.59 Å². The second-order valence-corrected chi connectivity index (χ2v) is 11.0. The van der Waals surface area contributed by atoms with Crippen molar-refractivity contribution < 1.29 is 19.2 Å². The summed E-state index contributed by atoms with van der Waals surface area (Å²) < 4.78 is 0. The summed E-state index contributed by atoms with van der Waals surface area (Å²) >= 11 is 0. The van der Waals surface area contributed by atoms with Crippen LogP contribution in [0.15, 0.2) is 79.4 Å². The van der Waals surface area contributed by atoms with E-state index in [1.165, 1.54) is 12.4 Å². The molecule has 4 amide bonds. The van der Waals surface area contributed by atoms with Crippen LogP contribution in [0, 0.1) is 0 Å². The first-order valence-electron chi connectivity index (χ1n) is 14.7. The van der Waals surface area contributed by atoms with Gasteiger partial charge in [0, 0.05) is 43.1 Å². The highest BCUT2D eigenvalue weighted by Crippen LogP contribution is 2.24. The zero-order valence-electron chi connectivity index (χ0n) is 24.0. The van der Waals surface area contributed by atoms with E-state index < -0.39 is 12.1 Å². The molecule has 2 saturated heterocycles. The highest BCUT2D eigenvalue weighted by molar-refractivity contribution is 6.02. The average molecular weight is 592 g/mol. The van der Waals surface area contributed by atoms with Crippen molar-refractivity contribution in [1.29, 1.82) is 0 Å². The van der Waals surface area contributed by atoms with E-state index in [4.69, 9.17) is 0 Å². The van der Waals surface area contributed by atoms with Gasteiger partial charge in [0.05, 0.1) is 17.3 Å². The minimum Gasteiger partial charge on any atom is -0.367 e. The van der Waals surface area contributed by atoms with Crippen LogP contribution >= 0.6 is 0 Å². The van der Waals surface area contributed by atoms with Crippen molar-refractivity contribution in [3.8, 4) is 0 Å². The number of anilines is 2. The molecule has 4 heterocycles. The Hall–Kier alpha value is -5.45. The molecule has 4 aromatic rings. The van der Waals surface area contributed by atoms with Crippen molar-refractivity contribution in [1.82, 2.24) is 25.0 Å². The number of carbonyl (C=O) groups is 4. The van der Waals surface area contributed by atoms with Crippen LogP contribution < -0.4 is 10.6 Å². The predicted octanol–water partition coefficient (Wildman–Crippen LogP) is 4.39. The van der Waals surface area contributed by atoms with Gasteiger partial charge in [0.15, 0.2) is 0 Å². The fourth-order valence-corrected chi connectivity index (χ4v) is 5.72. The van der Waals surface area contributed by atoms with E-state index in [0.717, 1.165) is 24.0 Å². The number of carbonyl (C=O) groups excluding carboxylic acids is 4. The van der Waals surface area contributed by atoms with E-state index in [1.54, 1.807) is 28.3 Å². The summed E-state index contributed by atoms with van der Waals surface area (Å²) in [6.07, 6.45) is 13.1. The van der Waals surface area contributed by atoms with Gasteiger partial charge >= 0.3 is 0 Å². The van der Waals surface area contributed by atoms with Crippen LogP contribution in [0.5, 0.6) is 0 Å². The zero-order chi connectivity index (χ0) is 30.5. The zero-order valence-corrected chi connectivity index (χ0v) is 24.0. The maximum absolute atomic E-state index is 13.0. The molecular formula is C33H33N7O4. The van der Waals surface area contributed by atoms with Crippen molar-refractivity contribution in [3.63, 3.8) is 0 Å². The topological polar surface area (TPSA) is 143 Å². The summed E-state index contributed by atoms with van der Waals surface area (Å²) in [4.78, 5) is 57.6. The van der Waals surface area contributed by atoms with Crippen LogP contribution in [0.3, 0.4) is 0 Å². The van der Waals surface area contributed by atoms with Crippen LogP contribution in [-0.4, -0.2) is 73.8 Å². The number of H-pyrrole nitrogens is 2. The Kier molecular flexibility index (Phi) is 8.35. The smallest absolute Gasteiger partial charge is 0.257 e. The Morgan fingerprint density at radius 3 is 1.68 bits per heavy atom. The first-order chi connectivity index (χ1) is 21.5. The maximum Gasteiger partial charge on any atom is 0.257 e. The summed E-state index contributed by atoms with van der Waals surface area (Å²) in [5, 5.41) is 12.4. The van der Waals surface area contributed by atoms with E-state index in [-0.39, 0.29) is 23.6 Å². The number of nitrogens with zero attached hydrogens (tertiary/aromatic N) is 3. The van der Waals surface area contributed by atoms with Gasteiger partial charge in [0.2, 0.25) is 11.8 Å². The summed E-state index contributed by atoms with van der Waals surface area (Å²) in [6, 6.07) is 15.7. The average Bonchev–Trinajstić information content (AvgIpc) is 3.88. The molecule has 0 unspecified atom stereocenters. The van der Waals surface area contributed by atoms with Gasteiger partial charge in [-0.2, -0.15) is 5.10 Å². The van der Waals surface area contributed by atoms with Crippen LogP contribution in [0.1, 0.15) is 57.5 Å². The van der Waals surface area contributed by atoms with Crippen molar-refractivity contribution in [2.45, 2.75) is 37.8 Å². The lowest BCUT2D eigenvalue weighted by molar-refractivity contribution is -0.120. The van der Waals surface area contributed by atoms with E-state index in [0.29, 0.717) is 48.4 Å². The fourth-order valence-electron chi connectivity index (χ4n) is 5.72. The highest BCUT2D eigenvalue weighted by atomic mass is 16.2. The maximum atomic E-state index is 13.0. The quantitative estimate of drug-likeness (QED) is 0.225. The lowest BCUT2D eigenvalue weighted by Gasteiger charge is -2.23. The number of aromatic amines is 2. The first-order valence-corrected chi connectivity index (χ1v) is 14.7. The van der Waals surface area contributed by atoms with E-state index in [1.807, 2.05) is 60.7 Å². The lowest BCUT2D eigenvalue weighted by atomic mass is 10.1. The normalized spacial score (nSPS) is 18.1. The van der Waals surface area contributed by atoms with Gasteiger partial charge < -0.3 is 25.4 Å². The summed E-state index contributed by atoms with van der Waals surface area (Å²) in [6.45, 7) is 1.10. The summed E-state index contributed by atoms with van der Waals surface area (Å²) in [5.41, 5.74) is 4.22. The predicted molar refractivity (Wildman–Crippen MR) is 167 cm³/mol. The van der Waals surface area contributed by atoms with Crippen LogP contribution in [0.2, 0.25) is 0 Å². The Balaban J connectivity index is 1.01. The third-order valence-electron chi connectivity index (χ3n) is 8.05. The molecule has 2 atom stereocenters. The molecule has 2 aliphatic rings. The minimum atomic E-state index is -0.520. The molecule has 44 heavy (non-hydrogen) atoms. The number of nitrogens with one attached hydrogen (secondary N) is 4. The van der Waals surface area contributed by atoms with E-state index >= 15 is 0 Å². The molecule has 0 radical (unpaired) electrons. The third kappa shape index (κ3) is 6.31. The number of amides is 4. The molecular weight excluding hydrogens is 558 g/mol. The van der Waals surface area contributed by atoms with Crippen molar-refractivity contribution in [2.75, 3.05) is 23.7 Å². The SMILES string of the molecule is O=C(Nc1ccc(/C=C/c2ccc(NC(=O)[C@@H]3CCCN3C(=O)c3cn[nH]c3)cc2)cc1)[C@@H]1CCCN1C(=O)c1cc[nH]c1. The molecule has 2 aromatic heterocycles. The van der Waals surface area contributed by atoms with Gasteiger partial charge in [-0.05, 0) is 67.1 Å². The first kappa shape index (κ1) is 28.7. The molecule has 0 bridgehead atoms. The van der Waals surface area contributed by atoms with Gasteiger partial charge in [-0.1, -0.05) is 36.4 Å². The number of hydrogen-bond donors (Lipinski definition) is 4. The number of benzene rings is 2. The molecule has 2 aromatic carbocycles. The van der Waals surface area contributed by atoms with Gasteiger partial charge in [-0.3, -0.25) is 24.3 Å². The van der Waals surface area contributed by atoms with E-state index in [2.05, 4.69) is 25.8 Å². The molecule has 224 valence electrons. The van der Waals surface area contributed by atoms with Gasteiger partial charge in [0.1, 0.15) is 12.1 Å². The van der Waals surface area contributed by atoms with Gasteiger partial charge in [-0.25, -0.2) is 0 Å². The number of likely N-dealkylation sites (tertiary alicyclic amines) is 2. The van der Waals surface area contributed by atoms with Crippen molar-refractivity contribution in [3.05, 3.63) is 102 Å². The molecule has 11 nitrogen and oxygen atoms in total. The molecule has 0 aliphatic carbocycles. The molecule has 4 N–H and O–H groups in total. The molecule has 0 spiro atoms. The standard InChI is InChI=1S/C33H33N7O4/c41-30(28-3-1-17-39(28)32(43)24-15-16-34-19-24)37-26-11-7-22(8-12-26)5-6-23-9-13-27(14-10-23)38-31(42)29-4-2-18-40(29)33(44)25-20-35-36-21-25/h5-16,19-21,28-29,34H,1-4,17-18H2,(H,35,36)(H,37,41)(H,38,42)/b6-5+/t28-,29-/m0/s1. The Morgan fingerprint density at radius 1 is 0.705 bits per heavy atom. The summed E-state index contributed by atoms with van der Waals surface area (Å²) in [5.74, 6) is -0.736. The highest BCUT2D eigenvalue weighted by Gasteiger charge is 2.36.